The zero-order valence-corrected chi connectivity index (χ0v) is 13.6. The Morgan fingerprint density at radius 1 is 1.41 bits per heavy atom. The molecule has 0 radical (unpaired) electrons. The molecule has 3 rings (SSSR count). The van der Waals surface area contributed by atoms with E-state index in [0.29, 0.717) is 6.04 Å². The lowest BCUT2D eigenvalue weighted by molar-refractivity contribution is 0.210. The number of nitrogens with zero attached hydrogens (tertiary/aromatic N) is 5. The number of hydrogen-bond donors (Lipinski definition) is 0. The molecule has 3 heterocycles. The van der Waals surface area contributed by atoms with Crippen LogP contribution in [0.4, 0.5) is 0 Å². The summed E-state index contributed by atoms with van der Waals surface area (Å²) >= 11 is 0. The van der Waals surface area contributed by atoms with E-state index in [1.54, 1.807) is 6.26 Å². The average Bonchev–Trinajstić information content (AvgIpc) is 3.18. The molecule has 0 aromatic carbocycles. The Bertz CT molecular complexity index is 571. The van der Waals surface area contributed by atoms with Gasteiger partial charge in [0.2, 0.25) is 0 Å². The van der Waals surface area contributed by atoms with Gasteiger partial charge in [-0.2, -0.15) is 0 Å². The number of hydrogen-bond acceptors (Lipinski definition) is 5. The molecule has 0 saturated carbocycles. The lowest BCUT2D eigenvalue weighted by Crippen LogP contribution is -2.31. The van der Waals surface area contributed by atoms with Gasteiger partial charge in [-0.1, -0.05) is 5.21 Å². The molecule has 1 saturated heterocycles. The molecule has 2 aromatic rings. The summed E-state index contributed by atoms with van der Waals surface area (Å²) in [5, 5.41) is 8.68. The first-order chi connectivity index (χ1) is 10.6. The molecule has 0 spiro atoms. The van der Waals surface area contributed by atoms with Crippen molar-refractivity contribution in [3.8, 4) is 0 Å². The van der Waals surface area contributed by atoms with Crippen LogP contribution in [0, 0.1) is 0 Å². The van der Waals surface area contributed by atoms with Crippen LogP contribution >= 0.6 is 0 Å². The molecule has 22 heavy (non-hydrogen) atoms. The lowest BCUT2D eigenvalue weighted by Gasteiger charge is -2.28. The standard InChI is InChI=1S/C16H25N5O/c1-13(16-5-4-10-22-16)20(3)11-14-12-21(18-17-14)15-6-8-19(2)9-7-15/h4-5,10,12-13,15H,6-9,11H2,1-3H3. The predicted molar refractivity (Wildman–Crippen MR) is 84.4 cm³/mol. The maximum Gasteiger partial charge on any atom is 0.120 e. The third-order valence-corrected chi connectivity index (χ3v) is 4.65. The van der Waals surface area contributed by atoms with Crippen molar-refractivity contribution in [1.82, 2.24) is 24.8 Å². The van der Waals surface area contributed by atoms with Crippen LogP contribution in [0.2, 0.25) is 0 Å². The minimum Gasteiger partial charge on any atom is -0.468 e. The summed E-state index contributed by atoms with van der Waals surface area (Å²) in [6, 6.07) is 4.65. The van der Waals surface area contributed by atoms with Gasteiger partial charge in [-0.05, 0) is 59.1 Å². The Morgan fingerprint density at radius 2 is 2.18 bits per heavy atom. The molecule has 0 bridgehead atoms. The number of aromatic nitrogens is 3. The number of rotatable bonds is 5. The molecule has 0 N–H and O–H groups in total. The molecule has 1 fully saturated rings. The van der Waals surface area contributed by atoms with E-state index >= 15 is 0 Å². The molecule has 1 unspecified atom stereocenters. The molecule has 120 valence electrons. The van der Waals surface area contributed by atoms with Crippen LogP contribution in [-0.4, -0.2) is 52.0 Å². The third kappa shape index (κ3) is 3.39. The van der Waals surface area contributed by atoms with Gasteiger partial charge in [-0.25, -0.2) is 4.68 Å². The lowest BCUT2D eigenvalue weighted by atomic mass is 10.1. The Labute approximate surface area is 131 Å². The third-order valence-electron chi connectivity index (χ3n) is 4.65. The summed E-state index contributed by atoms with van der Waals surface area (Å²) in [5.41, 5.74) is 1.01. The van der Waals surface area contributed by atoms with Crippen LogP contribution in [0.3, 0.4) is 0 Å². The van der Waals surface area contributed by atoms with Gasteiger partial charge in [0.15, 0.2) is 0 Å². The molecular weight excluding hydrogens is 278 g/mol. The van der Waals surface area contributed by atoms with Crippen molar-refractivity contribution in [2.24, 2.45) is 0 Å². The highest BCUT2D eigenvalue weighted by Crippen LogP contribution is 2.23. The van der Waals surface area contributed by atoms with Gasteiger partial charge in [-0.3, -0.25) is 4.90 Å². The van der Waals surface area contributed by atoms with Crippen LogP contribution < -0.4 is 0 Å². The highest BCUT2D eigenvalue weighted by Gasteiger charge is 2.20. The van der Waals surface area contributed by atoms with E-state index in [9.17, 15) is 0 Å². The van der Waals surface area contributed by atoms with E-state index in [-0.39, 0.29) is 6.04 Å². The van der Waals surface area contributed by atoms with E-state index in [1.165, 1.54) is 0 Å². The molecule has 1 aliphatic heterocycles. The van der Waals surface area contributed by atoms with E-state index in [2.05, 4.69) is 47.3 Å². The number of piperidine rings is 1. The summed E-state index contributed by atoms with van der Waals surface area (Å²) in [5.74, 6) is 0.977. The van der Waals surface area contributed by atoms with Crippen molar-refractivity contribution in [2.45, 2.75) is 38.4 Å². The molecule has 1 aliphatic rings. The van der Waals surface area contributed by atoms with Crippen LogP contribution in [0.5, 0.6) is 0 Å². The van der Waals surface area contributed by atoms with Gasteiger partial charge in [0.05, 0.1) is 30.2 Å². The van der Waals surface area contributed by atoms with Crippen molar-refractivity contribution >= 4 is 0 Å². The fraction of sp³-hybridized carbons (Fsp3) is 0.625. The molecule has 0 amide bonds. The molecular formula is C16H25N5O. The van der Waals surface area contributed by atoms with Crippen molar-refractivity contribution < 1.29 is 4.42 Å². The van der Waals surface area contributed by atoms with Gasteiger partial charge in [0.1, 0.15) is 5.76 Å². The SMILES string of the molecule is CC(c1ccco1)N(C)Cc1cn(C2CCN(C)CC2)nn1. The molecule has 1 atom stereocenters. The summed E-state index contributed by atoms with van der Waals surface area (Å²) in [6.07, 6.45) is 6.12. The number of likely N-dealkylation sites (tertiary alicyclic amines) is 1. The maximum absolute atomic E-state index is 5.48. The first kappa shape index (κ1) is 15.2. The molecule has 6 nitrogen and oxygen atoms in total. The fourth-order valence-corrected chi connectivity index (χ4v) is 2.96. The normalized spacial score (nSPS) is 18.9. The first-order valence-electron chi connectivity index (χ1n) is 7.96. The van der Waals surface area contributed by atoms with Crippen molar-refractivity contribution in [1.29, 1.82) is 0 Å². The Kier molecular flexibility index (Phi) is 4.59. The largest absolute Gasteiger partial charge is 0.468 e. The Balaban J connectivity index is 1.59. The van der Waals surface area contributed by atoms with E-state index in [1.807, 2.05) is 16.8 Å². The van der Waals surface area contributed by atoms with Gasteiger partial charge in [0, 0.05) is 6.54 Å². The highest BCUT2D eigenvalue weighted by atomic mass is 16.3. The zero-order valence-electron chi connectivity index (χ0n) is 13.6. The second kappa shape index (κ2) is 6.62. The second-order valence-corrected chi connectivity index (χ2v) is 6.33. The quantitative estimate of drug-likeness (QED) is 0.848. The maximum atomic E-state index is 5.48. The van der Waals surface area contributed by atoms with Gasteiger partial charge >= 0.3 is 0 Å². The summed E-state index contributed by atoms with van der Waals surface area (Å²) in [6.45, 7) is 5.18. The van der Waals surface area contributed by atoms with Crippen molar-refractivity contribution in [2.75, 3.05) is 27.2 Å². The summed E-state index contributed by atoms with van der Waals surface area (Å²) in [7, 11) is 4.26. The fourth-order valence-electron chi connectivity index (χ4n) is 2.96. The highest BCUT2D eigenvalue weighted by molar-refractivity contribution is 5.04. The predicted octanol–water partition coefficient (Wildman–Crippen LogP) is 2.33. The minimum absolute atomic E-state index is 0.225. The Morgan fingerprint density at radius 3 is 2.86 bits per heavy atom. The smallest absolute Gasteiger partial charge is 0.120 e. The zero-order chi connectivity index (χ0) is 15.5. The number of furan rings is 1. The van der Waals surface area contributed by atoms with E-state index in [4.69, 9.17) is 4.42 Å². The topological polar surface area (TPSA) is 50.3 Å². The monoisotopic (exact) mass is 303 g/mol. The second-order valence-electron chi connectivity index (χ2n) is 6.33. The van der Waals surface area contributed by atoms with Gasteiger partial charge in [-0.15, -0.1) is 5.10 Å². The van der Waals surface area contributed by atoms with Crippen LogP contribution in [0.15, 0.2) is 29.0 Å². The van der Waals surface area contributed by atoms with Crippen molar-refractivity contribution in [3.05, 3.63) is 36.0 Å². The Hall–Kier alpha value is -1.66. The molecule has 2 aromatic heterocycles. The van der Waals surface area contributed by atoms with Gasteiger partial charge < -0.3 is 9.32 Å². The summed E-state index contributed by atoms with van der Waals surface area (Å²) < 4.78 is 7.53. The summed E-state index contributed by atoms with van der Waals surface area (Å²) in [4.78, 5) is 4.59. The van der Waals surface area contributed by atoms with Crippen LogP contribution in [-0.2, 0) is 6.54 Å². The van der Waals surface area contributed by atoms with Crippen LogP contribution in [0.1, 0.15) is 43.3 Å². The van der Waals surface area contributed by atoms with Crippen molar-refractivity contribution in [3.63, 3.8) is 0 Å². The van der Waals surface area contributed by atoms with E-state index in [0.717, 1.165) is 43.9 Å². The molecule has 0 aliphatic carbocycles. The average molecular weight is 303 g/mol. The molecule has 6 heteroatoms. The van der Waals surface area contributed by atoms with E-state index < -0.39 is 0 Å². The first-order valence-corrected chi connectivity index (χ1v) is 7.96. The van der Waals surface area contributed by atoms with Gasteiger partial charge in [0.25, 0.3) is 0 Å². The minimum atomic E-state index is 0.225. The van der Waals surface area contributed by atoms with Crippen LogP contribution in [0.25, 0.3) is 0 Å².